The Balaban J connectivity index is 1.77. The minimum atomic E-state index is -0.382. The van der Waals surface area contributed by atoms with Crippen LogP contribution in [0.15, 0.2) is 41.5 Å². The van der Waals surface area contributed by atoms with Gasteiger partial charge in [0.25, 0.3) is 0 Å². The smallest absolute Gasteiger partial charge is 0.154 e. The molecule has 3 heterocycles. The maximum absolute atomic E-state index is 6.21. The van der Waals surface area contributed by atoms with E-state index >= 15 is 0 Å². The number of amidine groups is 1. The number of nitrogens with one attached hydrogen (secondary N) is 1. The van der Waals surface area contributed by atoms with E-state index in [0.29, 0.717) is 28.5 Å². The lowest BCUT2D eigenvalue weighted by Gasteiger charge is -2.36. The predicted molar refractivity (Wildman–Crippen MR) is 104 cm³/mol. The first kappa shape index (κ1) is 16.5. The number of pyridine rings is 1. The molecular weight excluding hydrogens is 356 g/mol. The van der Waals surface area contributed by atoms with E-state index in [2.05, 4.69) is 23.3 Å². The van der Waals surface area contributed by atoms with Gasteiger partial charge in [-0.25, -0.2) is 4.98 Å². The first-order chi connectivity index (χ1) is 12.1. The summed E-state index contributed by atoms with van der Waals surface area (Å²) >= 11 is 7.83. The zero-order chi connectivity index (χ0) is 17.4. The van der Waals surface area contributed by atoms with Gasteiger partial charge in [0.15, 0.2) is 5.17 Å². The normalized spacial score (nSPS) is 25.0. The van der Waals surface area contributed by atoms with E-state index in [-0.39, 0.29) is 5.54 Å². The lowest BCUT2D eigenvalue weighted by atomic mass is 9.79. The van der Waals surface area contributed by atoms with Gasteiger partial charge in [-0.05, 0) is 43.7 Å². The third kappa shape index (κ3) is 3.04. The van der Waals surface area contributed by atoms with Crippen LogP contribution >= 0.6 is 23.4 Å². The average Bonchev–Trinajstić information content (AvgIpc) is 2.73. The molecular formula is C18H19ClN4OS. The number of rotatable bonds is 2. The van der Waals surface area contributed by atoms with Gasteiger partial charge in [-0.1, -0.05) is 23.4 Å². The first-order valence-corrected chi connectivity index (χ1v) is 9.55. The van der Waals surface area contributed by atoms with E-state index in [0.717, 1.165) is 29.2 Å². The fourth-order valence-electron chi connectivity index (χ4n) is 3.40. The number of benzene rings is 1. The zero-order valence-corrected chi connectivity index (χ0v) is 15.4. The van der Waals surface area contributed by atoms with Gasteiger partial charge >= 0.3 is 0 Å². The molecule has 4 rings (SSSR count). The van der Waals surface area contributed by atoms with Crippen LogP contribution in [0.1, 0.15) is 18.9 Å². The summed E-state index contributed by atoms with van der Waals surface area (Å²) in [6.45, 7) is 2.84. The van der Waals surface area contributed by atoms with Crippen LogP contribution in [-0.4, -0.2) is 22.5 Å². The van der Waals surface area contributed by atoms with Crippen molar-refractivity contribution < 1.29 is 4.74 Å². The molecule has 0 saturated carbocycles. The first-order valence-electron chi connectivity index (χ1n) is 8.19. The molecule has 1 aromatic heterocycles. The van der Waals surface area contributed by atoms with Crippen molar-refractivity contribution in [2.24, 2.45) is 16.6 Å². The van der Waals surface area contributed by atoms with Crippen LogP contribution in [0, 0.1) is 5.92 Å². The van der Waals surface area contributed by atoms with Crippen LogP contribution in [-0.2, 0) is 5.54 Å². The fraction of sp³-hybridized carbons (Fsp3) is 0.333. The Morgan fingerprint density at radius 1 is 1.40 bits per heavy atom. The molecule has 0 fully saturated rings. The van der Waals surface area contributed by atoms with Gasteiger partial charge in [0.05, 0.1) is 17.2 Å². The summed E-state index contributed by atoms with van der Waals surface area (Å²) < 4.78 is 5.98. The number of ether oxygens (including phenoxy) is 1. The molecule has 2 atom stereocenters. The van der Waals surface area contributed by atoms with Crippen molar-refractivity contribution in [1.82, 2.24) is 4.98 Å². The number of aliphatic imine (C=N–C) groups is 1. The number of nitrogens with zero attached hydrogens (tertiary/aromatic N) is 2. The molecule has 2 aliphatic heterocycles. The van der Waals surface area contributed by atoms with Crippen LogP contribution in [0.2, 0.25) is 5.02 Å². The highest BCUT2D eigenvalue weighted by Gasteiger charge is 2.42. The van der Waals surface area contributed by atoms with Crippen molar-refractivity contribution in [3.63, 3.8) is 0 Å². The van der Waals surface area contributed by atoms with E-state index in [1.165, 1.54) is 0 Å². The second-order valence-corrected chi connectivity index (χ2v) is 7.86. The molecule has 130 valence electrons. The average molecular weight is 375 g/mol. The van der Waals surface area contributed by atoms with E-state index < -0.39 is 0 Å². The number of fused-ring (bicyclic) bond motifs is 3. The molecule has 0 spiro atoms. The van der Waals surface area contributed by atoms with E-state index in [1.807, 2.05) is 18.2 Å². The summed E-state index contributed by atoms with van der Waals surface area (Å²) in [5.41, 5.74) is 7.61. The van der Waals surface area contributed by atoms with Gasteiger partial charge in [0, 0.05) is 29.1 Å². The van der Waals surface area contributed by atoms with Crippen molar-refractivity contribution in [1.29, 1.82) is 0 Å². The number of thioether (sulfide) groups is 1. The molecule has 3 N–H and O–H groups in total. The van der Waals surface area contributed by atoms with Crippen LogP contribution in [0.4, 0.5) is 11.5 Å². The molecule has 2 aliphatic rings. The van der Waals surface area contributed by atoms with Gasteiger partial charge in [-0.3, -0.25) is 4.99 Å². The molecule has 7 heteroatoms. The number of hydrogen-bond acceptors (Lipinski definition) is 6. The van der Waals surface area contributed by atoms with E-state index in [4.69, 9.17) is 27.1 Å². The van der Waals surface area contributed by atoms with Gasteiger partial charge in [-0.2, -0.15) is 0 Å². The summed E-state index contributed by atoms with van der Waals surface area (Å²) in [7, 11) is 0. The minimum Gasteiger partial charge on any atom is -0.493 e. The Hall–Kier alpha value is -1.92. The maximum atomic E-state index is 6.21. The lowest BCUT2D eigenvalue weighted by Crippen LogP contribution is -2.37. The van der Waals surface area contributed by atoms with Gasteiger partial charge in [-0.15, -0.1) is 0 Å². The largest absolute Gasteiger partial charge is 0.493 e. The van der Waals surface area contributed by atoms with Gasteiger partial charge in [0.2, 0.25) is 0 Å². The molecule has 2 unspecified atom stereocenters. The van der Waals surface area contributed by atoms with E-state index in [1.54, 1.807) is 24.0 Å². The molecule has 0 saturated heterocycles. The number of hydrogen-bond donors (Lipinski definition) is 2. The molecule has 0 amide bonds. The molecule has 1 aromatic carbocycles. The fourth-order valence-corrected chi connectivity index (χ4v) is 4.69. The standard InChI is InChI=1S/C18H19ClN4OS/c1-18-11(10-25-17(20)23-18)6-8-24-15-5-4-12(9-13(15)18)22-16-14(19)3-2-7-21-16/h2-5,7,9,11H,6,8,10H2,1H3,(H2,20,23)(H,21,22). The Morgan fingerprint density at radius 2 is 2.28 bits per heavy atom. The number of nitrogens with two attached hydrogens (primary N) is 1. The Morgan fingerprint density at radius 3 is 3.12 bits per heavy atom. The number of anilines is 2. The highest BCUT2D eigenvalue weighted by Crippen LogP contribution is 2.47. The maximum Gasteiger partial charge on any atom is 0.154 e. The predicted octanol–water partition coefficient (Wildman–Crippen LogP) is 4.15. The Labute approximate surface area is 156 Å². The molecule has 0 aliphatic carbocycles. The topological polar surface area (TPSA) is 72.5 Å². The molecule has 2 aromatic rings. The van der Waals surface area contributed by atoms with Gasteiger partial charge < -0.3 is 15.8 Å². The zero-order valence-electron chi connectivity index (χ0n) is 13.8. The van der Waals surface area contributed by atoms with Crippen molar-refractivity contribution >= 4 is 40.0 Å². The monoisotopic (exact) mass is 374 g/mol. The summed E-state index contributed by atoms with van der Waals surface area (Å²) in [5, 5.41) is 4.50. The summed E-state index contributed by atoms with van der Waals surface area (Å²) in [6.07, 6.45) is 2.67. The second kappa shape index (κ2) is 6.42. The van der Waals surface area contributed by atoms with Crippen LogP contribution < -0.4 is 15.8 Å². The highest BCUT2D eigenvalue weighted by molar-refractivity contribution is 8.13. The van der Waals surface area contributed by atoms with Crippen LogP contribution in [0.25, 0.3) is 0 Å². The minimum absolute atomic E-state index is 0.382. The Kier molecular flexibility index (Phi) is 4.25. The van der Waals surface area contributed by atoms with Crippen LogP contribution in [0.5, 0.6) is 5.75 Å². The number of aromatic nitrogens is 1. The summed E-state index contributed by atoms with van der Waals surface area (Å²) in [4.78, 5) is 9.10. The molecule has 25 heavy (non-hydrogen) atoms. The van der Waals surface area contributed by atoms with Crippen molar-refractivity contribution in [3.05, 3.63) is 47.1 Å². The SMILES string of the molecule is CC12N=C(N)SCC1CCOc1ccc(Nc3ncccc3Cl)cc12. The summed E-state index contributed by atoms with van der Waals surface area (Å²) in [6, 6.07) is 9.64. The van der Waals surface area contributed by atoms with Crippen molar-refractivity contribution in [2.75, 3.05) is 17.7 Å². The van der Waals surface area contributed by atoms with Gasteiger partial charge in [0.1, 0.15) is 11.6 Å². The van der Waals surface area contributed by atoms with Crippen molar-refractivity contribution in [2.45, 2.75) is 18.9 Å². The second-order valence-electron chi connectivity index (χ2n) is 6.41. The third-order valence-electron chi connectivity index (χ3n) is 4.84. The molecule has 5 nitrogen and oxygen atoms in total. The quantitative estimate of drug-likeness (QED) is 0.825. The lowest BCUT2D eigenvalue weighted by molar-refractivity contribution is 0.271. The Bertz CT molecular complexity index is 844. The summed E-state index contributed by atoms with van der Waals surface area (Å²) in [5.74, 6) is 2.84. The molecule has 0 radical (unpaired) electrons. The van der Waals surface area contributed by atoms with Crippen LogP contribution in [0.3, 0.4) is 0 Å². The molecule has 0 bridgehead atoms. The highest BCUT2D eigenvalue weighted by atomic mass is 35.5. The third-order valence-corrected chi connectivity index (χ3v) is 6.10. The van der Waals surface area contributed by atoms with E-state index in [9.17, 15) is 0 Å². The van der Waals surface area contributed by atoms with Crippen molar-refractivity contribution in [3.8, 4) is 5.75 Å². The number of halogens is 1.